The molecule has 0 aliphatic heterocycles. The minimum atomic E-state index is -1.42. The Kier molecular flexibility index (Phi) is 11.9. The van der Waals surface area contributed by atoms with Gasteiger partial charge in [0, 0.05) is 13.2 Å². The first-order valence-corrected chi connectivity index (χ1v) is 7.80. The van der Waals surface area contributed by atoms with Crippen molar-refractivity contribution in [1.29, 1.82) is 0 Å². The number of esters is 2. The van der Waals surface area contributed by atoms with E-state index in [2.05, 4.69) is 13.2 Å². The fraction of sp³-hybridized carbons (Fsp3) is 0.647. The summed E-state index contributed by atoms with van der Waals surface area (Å²) in [4.78, 5) is 24.9. The molecular formula is C17H28O6. The van der Waals surface area contributed by atoms with Gasteiger partial charge in [-0.25, -0.2) is 0 Å². The average Bonchev–Trinajstić information content (AvgIpc) is 2.54. The van der Waals surface area contributed by atoms with Gasteiger partial charge in [-0.1, -0.05) is 12.2 Å². The number of carbonyl (C=O) groups is 2. The Bertz CT molecular complexity index is 341. The third kappa shape index (κ3) is 7.43. The van der Waals surface area contributed by atoms with E-state index in [1.165, 1.54) is 0 Å². The molecule has 0 aromatic rings. The largest absolute Gasteiger partial charge is 0.465 e. The van der Waals surface area contributed by atoms with Crippen molar-refractivity contribution in [2.75, 3.05) is 39.6 Å². The minimum Gasteiger partial charge on any atom is -0.465 e. The van der Waals surface area contributed by atoms with E-state index in [4.69, 9.17) is 18.9 Å². The van der Waals surface area contributed by atoms with E-state index in [9.17, 15) is 9.59 Å². The highest BCUT2D eigenvalue weighted by Gasteiger charge is 2.48. The molecule has 0 N–H and O–H groups in total. The molecule has 0 amide bonds. The quantitative estimate of drug-likeness (QED) is 0.211. The second kappa shape index (κ2) is 12.8. The normalized spacial score (nSPS) is 10.9. The summed E-state index contributed by atoms with van der Waals surface area (Å²) in [5.74, 6) is -1.22. The molecule has 0 aromatic heterocycles. The average molecular weight is 328 g/mol. The SMILES string of the molecule is C=CCOCCC(CCOCC=C)(C(=O)OCC)C(=O)OCC. The molecule has 0 radical (unpaired) electrons. The van der Waals surface area contributed by atoms with Gasteiger partial charge in [0.25, 0.3) is 0 Å². The van der Waals surface area contributed by atoms with Gasteiger partial charge in [-0.15, -0.1) is 13.2 Å². The van der Waals surface area contributed by atoms with Crippen LogP contribution in [0.25, 0.3) is 0 Å². The summed E-state index contributed by atoms with van der Waals surface area (Å²) in [6.07, 6.45) is 3.53. The summed E-state index contributed by atoms with van der Waals surface area (Å²) in [7, 11) is 0. The van der Waals surface area contributed by atoms with Gasteiger partial charge in [-0.2, -0.15) is 0 Å². The lowest BCUT2D eigenvalue weighted by Crippen LogP contribution is -2.44. The van der Waals surface area contributed by atoms with Gasteiger partial charge in [-0.3, -0.25) is 9.59 Å². The number of ether oxygens (including phenoxy) is 4. The molecule has 0 aromatic carbocycles. The number of carbonyl (C=O) groups excluding carboxylic acids is 2. The Morgan fingerprint density at radius 2 is 1.26 bits per heavy atom. The number of rotatable bonds is 14. The van der Waals surface area contributed by atoms with Crippen molar-refractivity contribution in [3.63, 3.8) is 0 Å². The Morgan fingerprint density at radius 3 is 1.57 bits per heavy atom. The van der Waals surface area contributed by atoms with Crippen LogP contribution in [0.15, 0.2) is 25.3 Å². The second-order valence-corrected chi connectivity index (χ2v) is 4.75. The summed E-state index contributed by atoms with van der Waals surface area (Å²) in [5, 5.41) is 0. The van der Waals surface area contributed by atoms with Gasteiger partial charge in [-0.05, 0) is 26.7 Å². The summed E-state index contributed by atoms with van der Waals surface area (Å²) in [6, 6.07) is 0. The molecule has 0 saturated heterocycles. The fourth-order valence-corrected chi connectivity index (χ4v) is 1.98. The Balaban J connectivity index is 5.15. The zero-order chi connectivity index (χ0) is 17.6. The van der Waals surface area contributed by atoms with Gasteiger partial charge >= 0.3 is 11.9 Å². The van der Waals surface area contributed by atoms with E-state index in [1.54, 1.807) is 26.0 Å². The Labute approximate surface area is 138 Å². The molecule has 6 heteroatoms. The smallest absolute Gasteiger partial charge is 0.323 e. The van der Waals surface area contributed by atoms with Crippen molar-refractivity contribution in [3.8, 4) is 0 Å². The Morgan fingerprint density at radius 1 is 0.870 bits per heavy atom. The van der Waals surface area contributed by atoms with E-state index < -0.39 is 17.4 Å². The molecule has 0 aliphatic carbocycles. The zero-order valence-corrected chi connectivity index (χ0v) is 14.2. The first-order valence-electron chi connectivity index (χ1n) is 7.80. The maximum absolute atomic E-state index is 12.4. The van der Waals surface area contributed by atoms with Crippen LogP contribution in [-0.2, 0) is 28.5 Å². The molecule has 0 rings (SSSR count). The third-order valence-corrected chi connectivity index (χ3v) is 3.15. The lowest BCUT2D eigenvalue weighted by Gasteiger charge is -2.29. The summed E-state index contributed by atoms with van der Waals surface area (Å²) < 4.78 is 20.9. The minimum absolute atomic E-state index is 0.163. The second-order valence-electron chi connectivity index (χ2n) is 4.75. The predicted octanol–water partition coefficient (Wildman–Crippen LogP) is 2.28. The molecule has 0 unspecified atom stereocenters. The molecule has 0 saturated carbocycles. The van der Waals surface area contributed by atoms with Crippen molar-refractivity contribution in [2.45, 2.75) is 26.7 Å². The molecule has 6 nitrogen and oxygen atoms in total. The maximum atomic E-state index is 12.4. The predicted molar refractivity (Wildman–Crippen MR) is 87.0 cm³/mol. The maximum Gasteiger partial charge on any atom is 0.323 e. The molecule has 0 aliphatic rings. The monoisotopic (exact) mass is 328 g/mol. The summed E-state index contributed by atoms with van der Waals surface area (Å²) in [6.45, 7) is 12.0. The van der Waals surface area contributed by atoms with Crippen molar-refractivity contribution >= 4 is 11.9 Å². The Hall–Kier alpha value is -1.66. The van der Waals surface area contributed by atoms with Crippen LogP contribution >= 0.6 is 0 Å². The van der Waals surface area contributed by atoms with Crippen LogP contribution < -0.4 is 0 Å². The first-order chi connectivity index (χ1) is 11.1. The third-order valence-electron chi connectivity index (χ3n) is 3.15. The molecule has 0 atom stereocenters. The lowest BCUT2D eigenvalue weighted by atomic mass is 9.81. The zero-order valence-electron chi connectivity index (χ0n) is 14.2. The van der Waals surface area contributed by atoms with Crippen molar-refractivity contribution < 1.29 is 28.5 Å². The van der Waals surface area contributed by atoms with Crippen LogP contribution in [0.5, 0.6) is 0 Å². The van der Waals surface area contributed by atoms with Crippen LogP contribution in [0.4, 0.5) is 0 Å². The van der Waals surface area contributed by atoms with E-state index in [0.717, 1.165) is 0 Å². The number of hydrogen-bond acceptors (Lipinski definition) is 6. The van der Waals surface area contributed by atoms with Crippen LogP contribution in [0, 0.1) is 5.41 Å². The lowest BCUT2D eigenvalue weighted by molar-refractivity contribution is -0.175. The van der Waals surface area contributed by atoms with E-state index in [-0.39, 0.29) is 39.3 Å². The molecule has 0 heterocycles. The first kappa shape index (κ1) is 21.3. The van der Waals surface area contributed by atoms with Crippen LogP contribution in [0.2, 0.25) is 0 Å². The van der Waals surface area contributed by atoms with E-state index >= 15 is 0 Å². The standard InChI is InChI=1S/C17H28O6/c1-5-11-20-13-9-17(15(18)22-7-3,16(19)23-8-4)10-14-21-12-6-2/h5-6H,1-2,7-14H2,3-4H3. The van der Waals surface area contributed by atoms with E-state index in [1.807, 2.05) is 0 Å². The van der Waals surface area contributed by atoms with E-state index in [0.29, 0.717) is 13.2 Å². The molecular weight excluding hydrogens is 300 g/mol. The van der Waals surface area contributed by atoms with Gasteiger partial charge in [0.2, 0.25) is 0 Å². The highest BCUT2D eigenvalue weighted by Crippen LogP contribution is 2.31. The van der Waals surface area contributed by atoms with Crippen LogP contribution in [0.3, 0.4) is 0 Å². The molecule has 0 bridgehead atoms. The van der Waals surface area contributed by atoms with Gasteiger partial charge in [0.15, 0.2) is 5.41 Å². The molecule has 0 fully saturated rings. The topological polar surface area (TPSA) is 71.1 Å². The highest BCUT2D eigenvalue weighted by molar-refractivity contribution is 6.00. The van der Waals surface area contributed by atoms with Gasteiger partial charge in [0.05, 0.1) is 26.4 Å². The highest BCUT2D eigenvalue weighted by atomic mass is 16.6. The van der Waals surface area contributed by atoms with Gasteiger partial charge < -0.3 is 18.9 Å². The summed E-state index contributed by atoms with van der Waals surface area (Å²) >= 11 is 0. The van der Waals surface area contributed by atoms with Crippen molar-refractivity contribution in [2.24, 2.45) is 5.41 Å². The summed E-state index contributed by atoms with van der Waals surface area (Å²) in [5.41, 5.74) is -1.42. The molecule has 23 heavy (non-hydrogen) atoms. The number of hydrogen-bond donors (Lipinski definition) is 0. The fourth-order valence-electron chi connectivity index (χ4n) is 1.98. The van der Waals surface area contributed by atoms with Crippen molar-refractivity contribution in [1.82, 2.24) is 0 Å². The van der Waals surface area contributed by atoms with Crippen LogP contribution in [0.1, 0.15) is 26.7 Å². The van der Waals surface area contributed by atoms with Crippen molar-refractivity contribution in [3.05, 3.63) is 25.3 Å². The van der Waals surface area contributed by atoms with Crippen LogP contribution in [-0.4, -0.2) is 51.6 Å². The molecule has 132 valence electrons. The van der Waals surface area contributed by atoms with Gasteiger partial charge in [0.1, 0.15) is 0 Å². The molecule has 0 spiro atoms.